The average Bonchev–Trinajstić information content (AvgIpc) is 2.54. The molecular weight excluding hydrogens is 338 g/mol. The van der Waals surface area contributed by atoms with E-state index in [1.165, 1.54) is 0 Å². The molecule has 0 saturated heterocycles. The molecule has 3 N–H and O–H groups in total. The summed E-state index contributed by atoms with van der Waals surface area (Å²) in [5.74, 6) is -4.83. The maximum absolute atomic E-state index is 11.1. The molecule has 0 radical (unpaired) electrons. The summed E-state index contributed by atoms with van der Waals surface area (Å²) in [4.78, 5) is 43.2. The van der Waals surface area contributed by atoms with E-state index in [-0.39, 0.29) is 28.2 Å². The molecule has 0 atom stereocenters. The normalized spacial score (nSPS) is 10.1. The molecule has 2 aromatic carbocycles. The maximum atomic E-state index is 11.1. The largest absolute Gasteiger partial charge is 0.478 e. The molecule has 0 amide bonds. The van der Waals surface area contributed by atoms with Crippen LogP contribution in [0.3, 0.4) is 0 Å². The first-order valence-electron chi connectivity index (χ1n) is 6.50. The Morgan fingerprint density at radius 3 is 1.80 bits per heavy atom. The number of carbonyl (C=O) groups is 3. The lowest BCUT2D eigenvalue weighted by atomic mass is 10.1. The highest BCUT2D eigenvalue weighted by Gasteiger charge is 2.20. The SMILES string of the molecule is O=C(O)c1cc(Oc2ccc(C(=O)O)cc2[N+](=O)[O-])cc(C(=O)O)c1. The maximum Gasteiger partial charge on any atom is 0.335 e. The Balaban J connectivity index is 2.52. The second-order valence-electron chi connectivity index (χ2n) is 4.70. The molecule has 0 unspecified atom stereocenters. The van der Waals surface area contributed by atoms with E-state index >= 15 is 0 Å². The Morgan fingerprint density at radius 1 is 0.840 bits per heavy atom. The third-order valence-corrected chi connectivity index (χ3v) is 3.03. The van der Waals surface area contributed by atoms with Gasteiger partial charge in [-0.15, -0.1) is 0 Å². The molecule has 0 aliphatic heterocycles. The van der Waals surface area contributed by atoms with Crippen LogP contribution in [0.2, 0.25) is 0 Å². The fraction of sp³-hybridized carbons (Fsp3) is 0. The van der Waals surface area contributed by atoms with E-state index in [1.54, 1.807) is 0 Å². The van der Waals surface area contributed by atoms with Crippen molar-refractivity contribution in [1.29, 1.82) is 0 Å². The Kier molecular flexibility index (Phi) is 4.64. The third kappa shape index (κ3) is 3.88. The van der Waals surface area contributed by atoms with Crippen molar-refractivity contribution in [3.63, 3.8) is 0 Å². The minimum atomic E-state index is -1.41. The molecule has 0 fully saturated rings. The molecule has 128 valence electrons. The quantitative estimate of drug-likeness (QED) is 0.525. The number of ether oxygens (including phenoxy) is 1. The van der Waals surface area contributed by atoms with Crippen molar-refractivity contribution in [2.45, 2.75) is 0 Å². The molecule has 0 aromatic heterocycles. The van der Waals surface area contributed by atoms with Gasteiger partial charge in [-0.1, -0.05) is 0 Å². The minimum absolute atomic E-state index is 0.261. The standard InChI is InChI=1S/C15H9NO9/c17-13(18)7-1-2-12(11(6-7)16(23)24)25-10-4-8(14(19)20)3-9(5-10)15(21)22/h1-6H,(H,17,18)(H,19,20)(H,21,22). The van der Waals surface area contributed by atoms with Crippen molar-refractivity contribution < 1.29 is 39.4 Å². The zero-order valence-corrected chi connectivity index (χ0v) is 12.2. The predicted octanol–water partition coefficient (Wildman–Crippen LogP) is 2.48. The summed E-state index contributed by atoms with van der Waals surface area (Å²) in [5, 5.41) is 38.0. The van der Waals surface area contributed by atoms with Crippen LogP contribution in [0, 0.1) is 10.1 Å². The Labute approximate surface area is 138 Å². The van der Waals surface area contributed by atoms with Crippen LogP contribution in [0.5, 0.6) is 11.5 Å². The Bertz CT molecular complexity index is 872. The highest BCUT2D eigenvalue weighted by atomic mass is 16.6. The second kappa shape index (κ2) is 6.66. The molecule has 0 spiro atoms. The van der Waals surface area contributed by atoms with Crippen molar-refractivity contribution in [3.8, 4) is 11.5 Å². The summed E-state index contributed by atoms with van der Waals surface area (Å²) < 4.78 is 5.23. The van der Waals surface area contributed by atoms with Crippen LogP contribution in [0.4, 0.5) is 5.69 Å². The van der Waals surface area contributed by atoms with Crippen molar-refractivity contribution in [3.05, 3.63) is 63.2 Å². The van der Waals surface area contributed by atoms with Gasteiger partial charge in [0.1, 0.15) is 5.75 Å². The number of benzene rings is 2. The van der Waals surface area contributed by atoms with Crippen LogP contribution < -0.4 is 4.74 Å². The molecule has 0 aliphatic rings. The number of nitrogens with zero attached hydrogens (tertiary/aromatic N) is 1. The van der Waals surface area contributed by atoms with Crippen molar-refractivity contribution in [1.82, 2.24) is 0 Å². The molecule has 0 bridgehead atoms. The zero-order chi connectivity index (χ0) is 18.7. The predicted molar refractivity (Wildman–Crippen MR) is 80.5 cm³/mol. The van der Waals surface area contributed by atoms with Gasteiger partial charge in [0.15, 0.2) is 0 Å². The summed E-state index contributed by atoms with van der Waals surface area (Å²) in [6.07, 6.45) is 0. The molecule has 0 saturated carbocycles. The van der Waals surface area contributed by atoms with Gasteiger partial charge in [0, 0.05) is 6.07 Å². The van der Waals surface area contributed by atoms with Crippen molar-refractivity contribution in [2.24, 2.45) is 0 Å². The number of nitro benzene ring substituents is 1. The number of rotatable bonds is 6. The lowest BCUT2D eigenvalue weighted by Gasteiger charge is -2.09. The molecule has 0 aliphatic carbocycles. The summed E-state index contributed by atoms with van der Waals surface area (Å²) >= 11 is 0. The molecular formula is C15H9NO9. The van der Waals surface area contributed by atoms with Gasteiger partial charge in [0.2, 0.25) is 5.75 Å². The molecule has 10 nitrogen and oxygen atoms in total. The average molecular weight is 347 g/mol. The topological polar surface area (TPSA) is 164 Å². The Morgan fingerprint density at radius 2 is 1.36 bits per heavy atom. The van der Waals surface area contributed by atoms with Crippen molar-refractivity contribution >= 4 is 23.6 Å². The van der Waals surface area contributed by atoms with E-state index in [2.05, 4.69) is 0 Å². The third-order valence-electron chi connectivity index (χ3n) is 3.03. The van der Waals surface area contributed by atoms with Crippen molar-refractivity contribution in [2.75, 3.05) is 0 Å². The summed E-state index contributed by atoms with van der Waals surface area (Å²) in [6.45, 7) is 0. The number of aromatic carboxylic acids is 3. The van der Waals surface area contributed by atoms with E-state index in [0.717, 1.165) is 36.4 Å². The number of hydrogen-bond donors (Lipinski definition) is 3. The van der Waals surface area contributed by atoms with E-state index in [4.69, 9.17) is 20.1 Å². The smallest absolute Gasteiger partial charge is 0.335 e. The van der Waals surface area contributed by atoms with Crippen LogP contribution in [-0.4, -0.2) is 38.2 Å². The van der Waals surface area contributed by atoms with Gasteiger partial charge in [-0.05, 0) is 30.3 Å². The van der Waals surface area contributed by atoms with E-state index in [9.17, 15) is 24.5 Å². The summed E-state index contributed by atoms with van der Waals surface area (Å²) in [6, 6.07) is 5.74. The lowest BCUT2D eigenvalue weighted by Crippen LogP contribution is -2.04. The minimum Gasteiger partial charge on any atom is -0.478 e. The van der Waals surface area contributed by atoms with Crippen LogP contribution in [0.1, 0.15) is 31.1 Å². The van der Waals surface area contributed by atoms with Crippen LogP contribution in [-0.2, 0) is 0 Å². The number of hydrogen-bond acceptors (Lipinski definition) is 6. The number of nitro groups is 1. The van der Waals surface area contributed by atoms with Crippen LogP contribution in [0.15, 0.2) is 36.4 Å². The summed E-state index contributed by atoms with van der Waals surface area (Å²) in [7, 11) is 0. The highest BCUT2D eigenvalue weighted by molar-refractivity contribution is 5.94. The molecule has 2 rings (SSSR count). The number of carboxylic acids is 3. The van der Waals surface area contributed by atoms with E-state index < -0.39 is 28.5 Å². The van der Waals surface area contributed by atoms with E-state index in [0.29, 0.717) is 0 Å². The molecule has 0 heterocycles. The van der Waals surface area contributed by atoms with Gasteiger partial charge in [-0.2, -0.15) is 0 Å². The number of carboxylic acid groups (broad SMARTS) is 3. The fourth-order valence-corrected chi connectivity index (χ4v) is 1.91. The zero-order valence-electron chi connectivity index (χ0n) is 12.2. The molecule has 10 heteroatoms. The lowest BCUT2D eigenvalue weighted by molar-refractivity contribution is -0.385. The van der Waals surface area contributed by atoms with Gasteiger partial charge < -0.3 is 20.1 Å². The Hall–Kier alpha value is -3.95. The first-order valence-corrected chi connectivity index (χ1v) is 6.50. The first kappa shape index (κ1) is 17.4. The summed E-state index contributed by atoms with van der Waals surface area (Å²) in [5.41, 5.74) is -1.79. The first-order chi connectivity index (χ1) is 11.7. The van der Waals surface area contributed by atoms with Crippen LogP contribution >= 0.6 is 0 Å². The van der Waals surface area contributed by atoms with Gasteiger partial charge in [0.25, 0.3) is 0 Å². The van der Waals surface area contributed by atoms with Gasteiger partial charge in [-0.3, -0.25) is 10.1 Å². The monoisotopic (exact) mass is 347 g/mol. The van der Waals surface area contributed by atoms with Gasteiger partial charge in [0.05, 0.1) is 21.6 Å². The van der Waals surface area contributed by atoms with Crippen LogP contribution in [0.25, 0.3) is 0 Å². The molecule has 2 aromatic rings. The second-order valence-corrected chi connectivity index (χ2v) is 4.70. The fourth-order valence-electron chi connectivity index (χ4n) is 1.91. The highest BCUT2D eigenvalue weighted by Crippen LogP contribution is 2.33. The van der Waals surface area contributed by atoms with Gasteiger partial charge >= 0.3 is 23.6 Å². The van der Waals surface area contributed by atoms with E-state index in [1.807, 2.05) is 0 Å². The van der Waals surface area contributed by atoms with Gasteiger partial charge in [-0.25, -0.2) is 14.4 Å². The molecule has 25 heavy (non-hydrogen) atoms.